The molecule has 0 radical (unpaired) electrons. The van der Waals surface area contributed by atoms with E-state index in [2.05, 4.69) is 6.92 Å². The van der Waals surface area contributed by atoms with Gasteiger partial charge in [0.15, 0.2) is 11.5 Å². The summed E-state index contributed by atoms with van der Waals surface area (Å²) in [5.74, 6) is -0.230. The third kappa shape index (κ3) is 3.63. The Morgan fingerprint density at radius 2 is 1.94 bits per heavy atom. The van der Waals surface area contributed by atoms with Crippen molar-refractivity contribution in [3.8, 4) is 11.5 Å². The van der Waals surface area contributed by atoms with Gasteiger partial charge in [-0.05, 0) is 30.6 Å². The summed E-state index contributed by atoms with van der Waals surface area (Å²) in [5, 5.41) is 19.5. The van der Waals surface area contributed by atoms with Crippen LogP contribution in [-0.4, -0.2) is 16.5 Å². The van der Waals surface area contributed by atoms with Crippen molar-refractivity contribution in [2.75, 3.05) is 0 Å². The van der Waals surface area contributed by atoms with E-state index in [-0.39, 0.29) is 11.5 Å². The molecule has 0 spiro atoms. The molecule has 0 amide bonds. The van der Waals surface area contributed by atoms with Crippen LogP contribution in [0.5, 0.6) is 11.5 Å². The second-order valence-corrected chi connectivity index (χ2v) is 3.96. The first kappa shape index (κ1) is 13.3. The first-order chi connectivity index (χ1) is 8.20. The highest BCUT2D eigenvalue weighted by Gasteiger charge is 2.09. The molecule has 2 N–H and O–H groups in total. The van der Waals surface area contributed by atoms with Gasteiger partial charge in [-0.2, -0.15) is 0 Å². The number of unbranched alkanes of at least 4 members (excludes halogenated alkanes) is 2. The summed E-state index contributed by atoms with van der Waals surface area (Å²) in [7, 11) is 0. The van der Waals surface area contributed by atoms with E-state index in [1.54, 1.807) is 12.1 Å². The van der Waals surface area contributed by atoms with Crippen LogP contribution in [0.3, 0.4) is 0 Å². The number of aryl methyl sites for hydroxylation is 1. The van der Waals surface area contributed by atoms with Gasteiger partial charge in [-0.3, -0.25) is 4.79 Å². The lowest BCUT2D eigenvalue weighted by Crippen LogP contribution is -1.88. The zero-order chi connectivity index (χ0) is 12.7. The van der Waals surface area contributed by atoms with Crippen LogP contribution in [0, 0.1) is 0 Å². The first-order valence-corrected chi connectivity index (χ1v) is 5.86. The Labute approximate surface area is 101 Å². The molecule has 1 aromatic carbocycles. The van der Waals surface area contributed by atoms with Gasteiger partial charge in [-0.25, -0.2) is 0 Å². The Morgan fingerprint density at radius 3 is 2.59 bits per heavy atom. The van der Waals surface area contributed by atoms with E-state index in [9.17, 15) is 15.0 Å². The molecular weight excluding hydrogens is 216 g/mol. The number of benzene rings is 1. The number of aromatic hydroxyl groups is 2. The highest BCUT2D eigenvalue weighted by Crippen LogP contribution is 2.34. The summed E-state index contributed by atoms with van der Waals surface area (Å²) in [6.07, 6.45) is 7.35. The van der Waals surface area contributed by atoms with Crippen LogP contribution in [-0.2, 0) is 11.2 Å². The van der Waals surface area contributed by atoms with Crippen LogP contribution in [0.2, 0.25) is 0 Å². The van der Waals surface area contributed by atoms with Crippen LogP contribution in [0.1, 0.15) is 37.3 Å². The van der Waals surface area contributed by atoms with Crippen molar-refractivity contribution in [1.29, 1.82) is 0 Å². The quantitative estimate of drug-likeness (QED) is 0.344. The smallest absolute Gasteiger partial charge is 0.165 e. The molecule has 0 bridgehead atoms. The van der Waals surface area contributed by atoms with E-state index in [0.717, 1.165) is 31.2 Å². The maximum absolute atomic E-state index is 10.2. The van der Waals surface area contributed by atoms with Crippen LogP contribution in [0.15, 0.2) is 18.2 Å². The Hall–Kier alpha value is -1.77. The Bertz CT molecular complexity index is 408. The molecular formula is C14H18O3. The molecule has 3 nitrogen and oxygen atoms in total. The average Bonchev–Trinajstić information content (AvgIpc) is 2.34. The number of allylic oxidation sites excluding steroid dienone is 1. The molecule has 0 saturated carbocycles. The molecule has 0 atom stereocenters. The van der Waals surface area contributed by atoms with Crippen molar-refractivity contribution in [3.63, 3.8) is 0 Å². The highest BCUT2D eigenvalue weighted by atomic mass is 16.3. The van der Waals surface area contributed by atoms with E-state index in [1.165, 1.54) is 12.2 Å². The summed E-state index contributed by atoms with van der Waals surface area (Å²) in [5.41, 5.74) is 1.20. The standard InChI is InChI=1S/C14H18O3/c1-2-3-4-6-11-8-9-12(7-5-10-15)14(17)13(11)16/h5,7-10,16-17H,2-4,6H2,1H3/b7-5+. The average molecular weight is 234 g/mol. The molecule has 0 heterocycles. The Morgan fingerprint density at radius 1 is 1.18 bits per heavy atom. The minimum absolute atomic E-state index is 0.0749. The zero-order valence-electron chi connectivity index (χ0n) is 10.0. The summed E-state index contributed by atoms with van der Waals surface area (Å²) in [4.78, 5) is 10.2. The number of phenolic OH excluding ortho intramolecular Hbond substituents is 2. The number of phenols is 2. The van der Waals surface area contributed by atoms with Crippen molar-refractivity contribution >= 4 is 12.4 Å². The van der Waals surface area contributed by atoms with Crippen LogP contribution in [0.25, 0.3) is 6.08 Å². The fraction of sp³-hybridized carbons (Fsp3) is 0.357. The zero-order valence-corrected chi connectivity index (χ0v) is 10.0. The number of carbonyl (C=O) groups is 1. The molecule has 0 unspecified atom stereocenters. The largest absolute Gasteiger partial charge is 0.504 e. The van der Waals surface area contributed by atoms with Gasteiger partial charge in [0.1, 0.15) is 6.29 Å². The number of hydrogen-bond donors (Lipinski definition) is 2. The van der Waals surface area contributed by atoms with Gasteiger partial charge in [0.25, 0.3) is 0 Å². The van der Waals surface area contributed by atoms with Gasteiger partial charge >= 0.3 is 0 Å². The first-order valence-electron chi connectivity index (χ1n) is 5.86. The van der Waals surface area contributed by atoms with Gasteiger partial charge in [0, 0.05) is 5.56 Å². The summed E-state index contributed by atoms with van der Waals surface area (Å²) < 4.78 is 0. The van der Waals surface area contributed by atoms with E-state index < -0.39 is 0 Å². The van der Waals surface area contributed by atoms with Crippen molar-refractivity contribution in [2.45, 2.75) is 32.6 Å². The van der Waals surface area contributed by atoms with E-state index in [0.29, 0.717) is 11.8 Å². The Kier molecular flexibility index (Phi) is 5.27. The monoisotopic (exact) mass is 234 g/mol. The normalized spacial score (nSPS) is 10.9. The van der Waals surface area contributed by atoms with Gasteiger partial charge in [-0.1, -0.05) is 31.9 Å². The molecule has 3 heteroatoms. The second kappa shape index (κ2) is 6.74. The topological polar surface area (TPSA) is 57.5 Å². The van der Waals surface area contributed by atoms with Crippen molar-refractivity contribution < 1.29 is 15.0 Å². The fourth-order valence-electron chi connectivity index (χ4n) is 1.68. The van der Waals surface area contributed by atoms with E-state index in [1.807, 2.05) is 0 Å². The minimum atomic E-state index is -0.155. The van der Waals surface area contributed by atoms with Crippen LogP contribution < -0.4 is 0 Å². The fourth-order valence-corrected chi connectivity index (χ4v) is 1.68. The summed E-state index contributed by atoms with van der Waals surface area (Å²) in [6, 6.07) is 3.49. The molecule has 0 aliphatic carbocycles. The van der Waals surface area contributed by atoms with Crippen molar-refractivity contribution in [3.05, 3.63) is 29.3 Å². The van der Waals surface area contributed by atoms with E-state index >= 15 is 0 Å². The molecule has 1 rings (SSSR count). The van der Waals surface area contributed by atoms with Gasteiger partial charge in [-0.15, -0.1) is 0 Å². The lowest BCUT2D eigenvalue weighted by Gasteiger charge is -2.08. The molecule has 0 aromatic heterocycles. The van der Waals surface area contributed by atoms with Crippen molar-refractivity contribution in [2.24, 2.45) is 0 Å². The molecule has 1 aromatic rings. The molecule has 92 valence electrons. The SMILES string of the molecule is CCCCCc1ccc(/C=C/C=O)c(O)c1O. The van der Waals surface area contributed by atoms with Gasteiger partial charge < -0.3 is 10.2 Å². The maximum Gasteiger partial charge on any atom is 0.165 e. The lowest BCUT2D eigenvalue weighted by atomic mass is 10.0. The predicted molar refractivity (Wildman–Crippen MR) is 68.1 cm³/mol. The maximum atomic E-state index is 10.2. The number of rotatable bonds is 6. The molecule has 0 aliphatic heterocycles. The molecule has 0 saturated heterocycles. The number of aldehydes is 1. The molecule has 0 aliphatic rings. The Balaban J connectivity index is 2.86. The third-order valence-corrected chi connectivity index (χ3v) is 2.67. The molecule has 0 fully saturated rings. The van der Waals surface area contributed by atoms with E-state index in [4.69, 9.17) is 0 Å². The summed E-state index contributed by atoms with van der Waals surface area (Å²) in [6.45, 7) is 2.12. The minimum Gasteiger partial charge on any atom is -0.504 e. The van der Waals surface area contributed by atoms with Gasteiger partial charge in [0.05, 0.1) is 0 Å². The van der Waals surface area contributed by atoms with Crippen LogP contribution >= 0.6 is 0 Å². The second-order valence-electron chi connectivity index (χ2n) is 3.96. The number of hydrogen-bond acceptors (Lipinski definition) is 3. The van der Waals surface area contributed by atoms with Crippen LogP contribution in [0.4, 0.5) is 0 Å². The van der Waals surface area contributed by atoms with Crippen molar-refractivity contribution in [1.82, 2.24) is 0 Å². The lowest BCUT2D eigenvalue weighted by molar-refractivity contribution is -0.104. The number of carbonyl (C=O) groups excluding carboxylic acids is 1. The highest BCUT2D eigenvalue weighted by molar-refractivity contribution is 5.76. The van der Waals surface area contributed by atoms with Gasteiger partial charge in [0.2, 0.25) is 0 Å². The predicted octanol–water partition coefficient (Wildman–Crippen LogP) is 3.04. The summed E-state index contributed by atoms with van der Waals surface area (Å²) >= 11 is 0. The molecule has 17 heavy (non-hydrogen) atoms. The third-order valence-electron chi connectivity index (χ3n) is 2.67.